The van der Waals surface area contributed by atoms with Gasteiger partial charge in [0, 0.05) is 25.6 Å². The molecule has 0 bridgehead atoms. The Kier molecular flexibility index (Phi) is 6.67. The van der Waals surface area contributed by atoms with Gasteiger partial charge in [-0.25, -0.2) is 9.07 Å². The van der Waals surface area contributed by atoms with Crippen molar-refractivity contribution in [2.45, 2.75) is 58.4 Å². The van der Waals surface area contributed by atoms with Crippen LogP contribution >= 0.6 is 0 Å². The second-order valence-corrected chi connectivity index (χ2v) is 7.89. The summed E-state index contributed by atoms with van der Waals surface area (Å²) in [6, 6.07) is 6.07. The Balaban J connectivity index is 1.81. The third-order valence-corrected chi connectivity index (χ3v) is 5.21. The Morgan fingerprint density at radius 2 is 2.00 bits per heavy atom. The van der Waals surface area contributed by atoms with E-state index in [1.54, 1.807) is 27.9 Å². The molecule has 1 aliphatic heterocycles. The number of piperidine rings is 1. The molecule has 6 nitrogen and oxygen atoms in total. The van der Waals surface area contributed by atoms with Gasteiger partial charge in [0.05, 0.1) is 23.1 Å². The SMILES string of the molecule is CCCC(=O)NC1CCCN(C(=O)c2cnn(-c3ccc(F)cc3)c2C(C)C)C1. The molecule has 1 atom stereocenters. The Morgan fingerprint density at radius 1 is 1.28 bits per heavy atom. The highest BCUT2D eigenvalue weighted by molar-refractivity contribution is 5.95. The summed E-state index contributed by atoms with van der Waals surface area (Å²) in [6.45, 7) is 7.17. The first-order chi connectivity index (χ1) is 13.9. The molecule has 0 aliphatic carbocycles. The minimum absolute atomic E-state index is 0.0126. The minimum Gasteiger partial charge on any atom is -0.352 e. The number of nitrogens with one attached hydrogen (secondary N) is 1. The maximum Gasteiger partial charge on any atom is 0.257 e. The monoisotopic (exact) mass is 400 g/mol. The highest BCUT2D eigenvalue weighted by Crippen LogP contribution is 2.25. The molecule has 1 saturated heterocycles. The molecule has 1 aromatic heterocycles. The molecule has 29 heavy (non-hydrogen) atoms. The molecule has 1 fully saturated rings. The number of aromatic nitrogens is 2. The van der Waals surface area contributed by atoms with Crippen molar-refractivity contribution in [2.24, 2.45) is 0 Å². The lowest BCUT2D eigenvalue weighted by Crippen LogP contribution is -2.49. The Labute approximate surface area is 171 Å². The first-order valence-corrected chi connectivity index (χ1v) is 10.3. The fourth-order valence-corrected chi connectivity index (χ4v) is 3.84. The van der Waals surface area contributed by atoms with Gasteiger partial charge in [-0.1, -0.05) is 20.8 Å². The molecule has 1 aliphatic rings. The lowest BCUT2D eigenvalue weighted by molar-refractivity contribution is -0.122. The third kappa shape index (κ3) is 4.83. The number of hydrogen-bond acceptors (Lipinski definition) is 3. The maximum absolute atomic E-state index is 13.3. The first-order valence-electron chi connectivity index (χ1n) is 10.3. The van der Waals surface area contributed by atoms with E-state index in [1.165, 1.54) is 12.1 Å². The molecule has 156 valence electrons. The van der Waals surface area contributed by atoms with Crippen molar-refractivity contribution < 1.29 is 14.0 Å². The Morgan fingerprint density at radius 3 is 2.66 bits per heavy atom. The summed E-state index contributed by atoms with van der Waals surface area (Å²) in [5, 5.41) is 7.46. The highest BCUT2D eigenvalue weighted by atomic mass is 19.1. The Bertz CT molecular complexity index is 860. The van der Waals surface area contributed by atoms with Gasteiger partial charge in [0.2, 0.25) is 5.91 Å². The molecule has 1 aromatic carbocycles. The summed E-state index contributed by atoms with van der Waals surface area (Å²) in [5.74, 6) is -0.283. The molecular formula is C22H29FN4O2. The molecule has 3 rings (SSSR count). The van der Waals surface area contributed by atoms with E-state index >= 15 is 0 Å². The van der Waals surface area contributed by atoms with Gasteiger partial charge in [0.25, 0.3) is 5.91 Å². The van der Waals surface area contributed by atoms with E-state index in [0.717, 1.165) is 30.6 Å². The van der Waals surface area contributed by atoms with Crippen LogP contribution < -0.4 is 5.32 Å². The van der Waals surface area contributed by atoms with E-state index < -0.39 is 0 Å². The number of halogens is 1. The summed E-state index contributed by atoms with van der Waals surface area (Å²) >= 11 is 0. The summed E-state index contributed by atoms with van der Waals surface area (Å²) in [6.07, 6.45) is 4.64. The zero-order chi connectivity index (χ0) is 21.0. The van der Waals surface area contributed by atoms with Crippen LogP contribution in [0.3, 0.4) is 0 Å². The number of rotatable bonds is 6. The number of likely N-dealkylation sites (tertiary alicyclic amines) is 1. The van der Waals surface area contributed by atoms with Crippen molar-refractivity contribution >= 4 is 11.8 Å². The van der Waals surface area contributed by atoms with E-state index in [-0.39, 0.29) is 29.6 Å². The van der Waals surface area contributed by atoms with E-state index in [2.05, 4.69) is 10.4 Å². The molecular weight excluding hydrogens is 371 g/mol. The smallest absolute Gasteiger partial charge is 0.257 e. The number of carbonyl (C=O) groups excluding carboxylic acids is 2. The van der Waals surface area contributed by atoms with Crippen LogP contribution in [0.25, 0.3) is 5.69 Å². The lowest BCUT2D eigenvalue weighted by atomic mass is 10.0. The normalized spacial score (nSPS) is 16.9. The van der Waals surface area contributed by atoms with Gasteiger partial charge >= 0.3 is 0 Å². The van der Waals surface area contributed by atoms with Crippen molar-refractivity contribution in [1.29, 1.82) is 0 Å². The predicted molar refractivity (Wildman–Crippen MR) is 110 cm³/mol. The van der Waals surface area contributed by atoms with Gasteiger partial charge in [-0.05, 0) is 49.4 Å². The van der Waals surface area contributed by atoms with Gasteiger partial charge in [0.15, 0.2) is 0 Å². The number of nitrogens with zero attached hydrogens (tertiary/aromatic N) is 3. The van der Waals surface area contributed by atoms with Crippen LogP contribution in [0, 0.1) is 5.82 Å². The van der Waals surface area contributed by atoms with Crippen LogP contribution in [-0.2, 0) is 4.79 Å². The summed E-state index contributed by atoms with van der Waals surface area (Å²) in [4.78, 5) is 27.0. The largest absolute Gasteiger partial charge is 0.352 e. The number of carbonyl (C=O) groups is 2. The Hall–Kier alpha value is -2.70. The zero-order valence-electron chi connectivity index (χ0n) is 17.3. The molecule has 2 aromatic rings. The van der Waals surface area contributed by atoms with Gasteiger partial charge in [0.1, 0.15) is 5.82 Å². The van der Waals surface area contributed by atoms with Crippen LogP contribution in [0.5, 0.6) is 0 Å². The maximum atomic E-state index is 13.3. The summed E-state index contributed by atoms with van der Waals surface area (Å²) < 4.78 is 15.0. The number of benzene rings is 1. The molecule has 2 amide bonds. The highest BCUT2D eigenvalue weighted by Gasteiger charge is 2.29. The zero-order valence-corrected chi connectivity index (χ0v) is 17.3. The van der Waals surface area contributed by atoms with Crippen LogP contribution in [0.2, 0.25) is 0 Å². The number of hydrogen-bond donors (Lipinski definition) is 1. The molecule has 0 saturated carbocycles. The van der Waals surface area contributed by atoms with E-state index in [1.807, 2.05) is 20.8 Å². The van der Waals surface area contributed by atoms with Gasteiger partial charge in [-0.2, -0.15) is 5.10 Å². The van der Waals surface area contributed by atoms with E-state index in [4.69, 9.17) is 0 Å². The van der Waals surface area contributed by atoms with Crippen molar-refractivity contribution in [3.05, 3.63) is 47.5 Å². The van der Waals surface area contributed by atoms with Gasteiger partial charge in [-0.3, -0.25) is 9.59 Å². The molecule has 7 heteroatoms. The molecule has 2 heterocycles. The average molecular weight is 400 g/mol. The standard InChI is InChI=1S/C22H29FN4O2/c1-4-6-20(28)25-17-7-5-12-26(14-17)22(29)19-13-24-27(21(19)15(2)3)18-10-8-16(23)9-11-18/h8-11,13,15,17H,4-7,12,14H2,1-3H3,(H,25,28). The average Bonchev–Trinajstić information content (AvgIpc) is 3.13. The molecule has 0 spiro atoms. The van der Waals surface area contributed by atoms with Crippen molar-refractivity contribution in [1.82, 2.24) is 20.0 Å². The second-order valence-electron chi connectivity index (χ2n) is 7.89. The summed E-state index contributed by atoms with van der Waals surface area (Å²) in [5.41, 5.74) is 2.08. The van der Waals surface area contributed by atoms with Crippen LogP contribution in [0.1, 0.15) is 68.4 Å². The fourth-order valence-electron chi connectivity index (χ4n) is 3.84. The van der Waals surface area contributed by atoms with E-state index in [0.29, 0.717) is 25.1 Å². The first kappa shape index (κ1) is 21.0. The molecule has 1 unspecified atom stereocenters. The van der Waals surface area contributed by atoms with Crippen LogP contribution in [0.15, 0.2) is 30.5 Å². The molecule has 0 radical (unpaired) electrons. The third-order valence-electron chi connectivity index (χ3n) is 5.21. The fraction of sp³-hybridized carbons (Fsp3) is 0.500. The van der Waals surface area contributed by atoms with Gasteiger partial charge in [-0.15, -0.1) is 0 Å². The van der Waals surface area contributed by atoms with Crippen molar-refractivity contribution in [3.63, 3.8) is 0 Å². The van der Waals surface area contributed by atoms with Crippen molar-refractivity contribution in [2.75, 3.05) is 13.1 Å². The minimum atomic E-state index is -0.312. The summed E-state index contributed by atoms with van der Waals surface area (Å²) in [7, 11) is 0. The number of amides is 2. The topological polar surface area (TPSA) is 67.2 Å². The van der Waals surface area contributed by atoms with Crippen LogP contribution in [-0.4, -0.2) is 45.6 Å². The van der Waals surface area contributed by atoms with E-state index in [9.17, 15) is 14.0 Å². The molecule has 1 N–H and O–H groups in total. The predicted octanol–water partition coefficient (Wildman–Crippen LogP) is 3.66. The van der Waals surface area contributed by atoms with Crippen LogP contribution in [0.4, 0.5) is 4.39 Å². The lowest BCUT2D eigenvalue weighted by Gasteiger charge is -2.33. The second kappa shape index (κ2) is 9.20. The quantitative estimate of drug-likeness (QED) is 0.805. The van der Waals surface area contributed by atoms with Crippen molar-refractivity contribution in [3.8, 4) is 5.69 Å². The van der Waals surface area contributed by atoms with Gasteiger partial charge < -0.3 is 10.2 Å².